The number of fused-ring (bicyclic) bond motifs is 2. The van der Waals surface area contributed by atoms with Crippen molar-refractivity contribution in [3.8, 4) is 0 Å². The molecule has 3 aliphatic rings. The molecular formula is C30H31N3O4. The van der Waals surface area contributed by atoms with Crippen LogP contribution in [0.3, 0.4) is 0 Å². The number of pyridine rings is 1. The average Bonchev–Trinajstić information content (AvgIpc) is 3.53. The standard InChI is InChI=1S/C30H31N3O4/c1-30(11-12-30)23-5-9-26-22(18-23)17-21-16-20(4-8-25(21)32-26)28(35)31-13-10-27(34)19-2-6-24(7-3-19)33-14-15-37-29(33)36/h2-4,6-8,16-17,23H,5,9-15,18H2,1H3,(H,31,35)/t23-/m0/s1. The summed E-state index contributed by atoms with van der Waals surface area (Å²) in [5.41, 5.74) is 5.79. The van der Waals surface area contributed by atoms with Gasteiger partial charge in [0.25, 0.3) is 5.91 Å². The first-order chi connectivity index (χ1) is 17.9. The predicted molar refractivity (Wildman–Crippen MR) is 141 cm³/mol. The molecule has 2 amide bonds. The topological polar surface area (TPSA) is 88.6 Å². The number of carbonyl (C=O) groups is 3. The van der Waals surface area contributed by atoms with Gasteiger partial charge in [-0.3, -0.25) is 19.5 Å². The SMILES string of the molecule is CC1([C@H]2CCc3nc4ccc(C(=O)NCCC(=O)c5ccc(N6CCOC6=O)cc5)cc4cc3C2)CC1. The van der Waals surface area contributed by atoms with E-state index in [1.807, 2.05) is 12.1 Å². The van der Waals surface area contributed by atoms with Gasteiger partial charge in [-0.25, -0.2) is 4.79 Å². The maximum absolute atomic E-state index is 12.8. The molecule has 6 rings (SSSR count). The Labute approximate surface area is 216 Å². The van der Waals surface area contributed by atoms with Crippen molar-refractivity contribution in [3.63, 3.8) is 0 Å². The molecule has 2 heterocycles. The Bertz CT molecular complexity index is 1390. The Kier molecular flexibility index (Phi) is 5.94. The number of ether oxygens (including phenoxy) is 1. The minimum absolute atomic E-state index is 0.0656. The fraction of sp³-hybridized carbons (Fsp3) is 0.400. The van der Waals surface area contributed by atoms with Crippen LogP contribution >= 0.6 is 0 Å². The number of ketones is 1. The predicted octanol–water partition coefficient (Wildman–Crippen LogP) is 5.10. The fourth-order valence-electron chi connectivity index (χ4n) is 5.66. The Balaban J connectivity index is 1.07. The molecule has 0 spiro atoms. The number of Topliss-reactive ketones (excluding diaryl/α,β-unsaturated/α-hetero) is 1. The molecule has 7 nitrogen and oxygen atoms in total. The monoisotopic (exact) mass is 497 g/mol. The number of nitrogens with zero attached hydrogens (tertiary/aromatic N) is 2. The average molecular weight is 498 g/mol. The normalized spacial score (nSPS) is 19.9. The summed E-state index contributed by atoms with van der Waals surface area (Å²) in [4.78, 5) is 43.6. The zero-order chi connectivity index (χ0) is 25.6. The second-order valence-electron chi connectivity index (χ2n) is 10.8. The van der Waals surface area contributed by atoms with E-state index in [-0.39, 0.29) is 30.7 Å². The summed E-state index contributed by atoms with van der Waals surface area (Å²) in [6, 6.07) is 14.7. The minimum atomic E-state index is -0.372. The van der Waals surface area contributed by atoms with Gasteiger partial charge in [-0.2, -0.15) is 0 Å². The molecule has 1 saturated heterocycles. The van der Waals surface area contributed by atoms with E-state index < -0.39 is 0 Å². The number of hydrogen-bond acceptors (Lipinski definition) is 5. The van der Waals surface area contributed by atoms with E-state index in [0.717, 1.165) is 29.7 Å². The third kappa shape index (κ3) is 4.70. The molecule has 2 aliphatic carbocycles. The molecule has 0 bridgehead atoms. The molecule has 3 aromatic rings. The third-order valence-electron chi connectivity index (χ3n) is 8.37. The minimum Gasteiger partial charge on any atom is -0.447 e. The van der Waals surface area contributed by atoms with Gasteiger partial charge >= 0.3 is 6.09 Å². The smallest absolute Gasteiger partial charge is 0.414 e. The van der Waals surface area contributed by atoms with Crippen molar-refractivity contribution in [2.45, 2.75) is 45.4 Å². The van der Waals surface area contributed by atoms with Gasteiger partial charge in [0.2, 0.25) is 0 Å². The number of hydrogen-bond donors (Lipinski definition) is 1. The van der Waals surface area contributed by atoms with E-state index in [4.69, 9.17) is 9.72 Å². The second kappa shape index (κ2) is 9.29. The van der Waals surface area contributed by atoms with E-state index in [0.29, 0.717) is 35.4 Å². The molecular weight excluding hydrogens is 466 g/mol. The summed E-state index contributed by atoms with van der Waals surface area (Å²) in [6.45, 7) is 3.53. The van der Waals surface area contributed by atoms with Gasteiger partial charge in [0, 0.05) is 40.9 Å². The zero-order valence-corrected chi connectivity index (χ0v) is 21.1. The molecule has 7 heteroatoms. The van der Waals surface area contributed by atoms with Crippen LogP contribution in [0.4, 0.5) is 10.5 Å². The molecule has 2 aromatic carbocycles. The highest BCUT2D eigenvalue weighted by Gasteiger charge is 2.45. The van der Waals surface area contributed by atoms with Crippen molar-refractivity contribution in [3.05, 3.63) is 70.9 Å². The summed E-state index contributed by atoms with van der Waals surface area (Å²) in [5, 5.41) is 3.87. The van der Waals surface area contributed by atoms with Crippen molar-refractivity contribution in [1.29, 1.82) is 0 Å². The lowest BCUT2D eigenvalue weighted by atomic mass is 9.77. The summed E-state index contributed by atoms with van der Waals surface area (Å²) >= 11 is 0. The van der Waals surface area contributed by atoms with Crippen LogP contribution in [0.25, 0.3) is 10.9 Å². The zero-order valence-electron chi connectivity index (χ0n) is 21.1. The lowest BCUT2D eigenvalue weighted by molar-refractivity contribution is 0.0940. The van der Waals surface area contributed by atoms with Crippen LogP contribution in [0.15, 0.2) is 48.5 Å². The quantitative estimate of drug-likeness (QED) is 0.459. The van der Waals surface area contributed by atoms with Gasteiger partial charge in [0.05, 0.1) is 12.1 Å². The van der Waals surface area contributed by atoms with E-state index in [1.54, 1.807) is 30.3 Å². The molecule has 1 aliphatic heterocycles. The van der Waals surface area contributed by atoms with Crippen LogP contribution in [0.1, 0.15) is 64.6 Å². The molecule has 0 radical (unpaired) electrons. The van der Waals surface area contributed by atoms with E-state index in [1.165, 1.54) is 35.4 Å². The fourth-order valence-corrected chi connectivity index (χ4v) is 5.66. The van der Waals surface area contributed by atoms with Crippen molar-refractivity contribution in [2.24, 2.45) is 11.3 Å². The molecule has 1 N–H and O–H groups in total. The van der Waals surface area contributed by atoms with Crippen LogP contribution in [0, 0.1) is 11.3 Å². The van der Waals surface area contributed by atoms with Crippen molar-refractivity contribution in [2.75, 3.05) is 24.6 Å². The first kappa shape index (κ1) is 23.6. The van der Waals surface area contributed by atoms with Crippen molar-refractivity contribution >= 4 is 34.4 Å². The van der Waals surface area contributed by atoms with Gasteiger partial charge in [0.1, 0.15) is 6.61 Å². The number of benzene rings is 2. The highest BCUT2D eigenvalue weighted by atomic mass is 16.6. The first-order valence-corrected chi connectivity index (χ1v) is 13.2. The van der Waals surface area contributed by atoms with Crippen LogP contribution in [-0.4, -0.2) is 42.5 Å². The maximum Gasteiger partial charge on any atom is 0.414 e. The van der Waals surface area contributed by atoms with Gasteiger partial charge < -0.3 is 10.1 Å². The Morgan fingerprint density at radius 1 is 1.11 bits per heavy atom. The van der Waals surface area contributed by atoms with Crippen LogP contribution in [0.2, 0.25) is 0 Å². The number of aryl methyl sites for hydroxylation is 1. The molecule has 1 saturated carbocycles. The molecule has 190 valence electrons. The van der Waals surface area contributed by atoms with Gasteiger partial charge in [-0.1, -0.05) is 6.92 Å². The van der Waals surface area contributed by atoms with E-state index >= 15 is 0 Å². The number of nitrogens with one attached hydrogen (secondary N) is 1. The van der Waals surface area contributed by atoms with Crippen LogP contribution in [0.5, 0.6) is 0 Å². The number of carbonyl (C=O) groups excluding carboxylic acids is 3. The molecule has 0 unspecified atom stereocenters. The number of anilines is 1. The number of cyclic esters (lactones) is 1. The van der Waals surface area contributed by atoms with Crippen molar-refractivity contribution < 1.29 is 19.1 Å². The maximum atomic E-state index is 12.8. The highest BCUT2D eigenvalue weighted by molar-refractivity contribution is 6.00. The first-order valence-electron chi connectivity index (χ1n) is 13.2. The van der Waals surface area contributed by atoms with E-state index in [9.17, 15) is 14.4 Å². The van der Waals surface area contributed by atoms with Gasteiger partial charge in [0.15, 0.2) is 5.78 Å². The summed E-state index contributed by atoms with van der Waals surface area (Å²) in [7, 11) is 0. The number of aromatic nitrogens is 1. The lowest BCUT2D eigenvalue weighted by Crippen LogP contribution is -2.26. The molecule has 1 aromatic heterocycles. The molecule has 1 atom stereocenters. The number of amides is 2. The van der Waals surface area contributed by atoms with Crippen LogP contribution < -0.4 is 10.2 Å². The van der Waals surface area contributed by atoms with Gasteiger partial charge in [-0.05, 0) is 97.5 Å². The summed E-state index contributed by atoms with van der Waals surface area (Å²) < 4.78 is 4.95. The Morgan fingerprint density at radius 3 is 2.62 bits per heavy atom. The Morgan fingerprint density at radius 2 is 1.89 bits per heavy atom. The van der Waals surface area contributed by atoms with Crippen LogP contribution in [-0.2, 0) is 17.6 Å². The van der Waals surface area contributed by atoms with Gasteiger partial charge in [-0.15, -0.1) is 0 Å². The molecule has 37 heavy (non-hydrogen) atoms. The lowest BCUT2D eigenvalue weighted by Gasteiger charge is -2.29. The Hall–Kier alpha value is -3.74. The number of rotatable bonds is 7. The summed E-state index contributed by atoms with van der Waals surface area (Å²) in [5.74, 6) is 0.471. The summed E-state index contributed by atoms with van der Waals surface area (Å²) in [6.07, 6.45) is 5.83. The highest BCUT2D eigenvalue weighted by Crippen LogP contribution is 2.55. The largest absolute Gasteiger partial charge is 0.447 e. The van der Waals surface area contributed by atoms with E-state index in [2.05, 4.69) is 18.3 Å². The van der Waals surface area contributed by atoms with Crippen molar-refractivity contribution in [1.82, 2.24) is 10.3 Å². The third-order valence-corrected chi connectivity index (χ3v) is 8.37. The molecule has 2 fully saturated rings. The second-order valence-corrected chi connectivity index (χ2v) is 10.8.